The van der Waals surface area contributed by atoms with E-state index in [9.17, 15) is 0 Å². The summed E-state index contributed by atoms with van der Waals surface area (Å²) in [6.45, 7) is 0. The van der Waals surface area contributed by atoms with E-state index < -0.39 is 0 Å². The lowest BCUT2D eigenvalue weighted by molar-refractivity contribution is 1.26. The predicted molar refractivity (Wildman–Crippen MR) is 117 cm³/mol. The van der Waals surface area contributed by atoms with Crippen LogP contribution in [0.2, 0.25) is 0 Å². The normalized spacial score (nSPS) is 13.3. The second-order valence-corrected chi connectivity index (χ2v) is 7.68. The van der Waals surface area contributed by atoms with Gasteiger partial charge in [0.1, 0.15) is 0 Å². The fourth-order valence-corrected chi connectivity index (χ4v) is 4.61. The van der Waals surface area contributed by atoms with E-state index in [0.717, 1.165) is 24.1 Å². The van der Waals surface area contributed by atoms with E-state index in [-0.39, 0.29) is 0 Å². The molecule has 0 saturated carbocycles. The van der Waals surface area contributed by atoms with Crippen molar-refractivity contribution in [2.45, 2.75) is 12.8 Å². The van der Waals surface area contributed by atoms with Crippen molar-refractivity contribution < 1.29 is 0 Å². The number of hydrogen-bond acceptors (Lipinski definition) is 1. The highest BCUT2D eigenvalue weighted by molar-refractivity contribution is 5.86. The Balaban J connectivity index is 1.29. The van der Waals surface area contributed by atoms with E-state index in [1.807, 2.05) is 6.21 Å². The van der Waals surface area contributed by atoms with Crippen LogP contribution < -0.4 is 0 Å². The number of fused-ring (bicyclic) bond motifs is 6. The first kappa shape index (κ1) is 15.6. The van der Waals surface area contributed by atoms with Gasteiger partial charge in [-0.3, -0.25) is 4.99 Å². The first-order chi connectivity index (χ1) is 13.8. The van der Waals surface area contributed by atoms with Gasteiger partial charge in [-0.25, -0.2) is 0 Å². The summed E-state index contributed by atoms with van der Waals surface area (Å²) >= 11 is 0. The molecule has 0 spiro atoms. The van der Waals surface area contributed by atoms with E-state index in [1.165, 1.54) is 44.5 Å². The molecule has 0 N–H and O–H groups in total. The van der Waals surface area contributed by atoms with Crippen molar-refractivity contribution in [3.05, 3.63) is 113 Å². The Morgan fingerprint density at radius 3 is 1.82 bits per heavy atom. The summed E-state index contributed by atoms with van der Waals surface area (Å²) in [4.78, 5) is 4.77. The lowest BCUT2D eigenvalue weighted by atomic mass is 10.0. The number of rotatable bonds is 2. The van der Waals surface area contributed by atoms with Crippen LogP contribution in [-0.4, -0.2) is 6.21 Å². The third kappa shape index (κ3) is 2.44. The third-order valence-electron chi connectivity index (χ3n) is 5.96. The standard InChI is InChI=1S/C27H19N/c1-3-7-24-19(5-1)14-21-13-18(9-11-26(21)24)17-28-23-10-12-27-22(16-23)15-20-6-2-4-8-25(20)27/h1-13,16-17H,14-15H2/b28-17+. The van der Waals surface area contributed by atoms with Crippen LogP contribution in [0, 0.1) is 0 Å². The smallest absolute Gasteiger partial charge is 0.0633 e. The number of nitrogens with zero attached hydrogens (tertiary/aromatic N) is 1. The molecule has 1 nitrogen and oxygen atoms in total. The molecule has 0 aliphatic heterocycles. The van der Waals surface area contributed by atoms with Gasteiger partial charge < -0.3 is 0 Å². The van der Waals surface area contributed by atoms with Crippen LogP contribution in [0.15, 0.2) is 89.9 Å². The summed E-state index contributed by atoms with van der Waals surface area (Å²) in [6, 6.07) is 30.6. The van der Waals surface area contributed by atoms with Crippen molar-refractivity contribution in [3.63, 3.8) is 0 Å². The Morgan fingerprint density at radius 2 is 1.11 bits per heavy atom. The van der Waals surface area contributed by atoms with E-state index >= 15 is 0 Å². The summed E-state index contributed by atoms with van der Waals surface area (Å²) in [5, 5.41) is 0. The van der Waals surface area contributed by atoms with Crippen LogP contribution in [-0.2, 0) is 12.8 Å². The predicted octanol–water partition coefficient (Wildman–Crippen LogP) is 6.58. The topological polar surface area (TPSA) is 12.4 Å². The fraction of sp³-hybridized carbons (Fsp3) is 0.0741. The van der Waals surface area contributed by atoms with E-state index in [0.29, 0.717) is 0 Å². The molecule has 0 atom stereocenters. The lowest BCUT2D eigenvalue weighted by Gasteiger charge is -2.03. The lowest BCUT2D eigenvalue weighted by Crippen LogP contribution is -1.86. The third-order valence-corrected chi connectivity index (χ3v) is 5.96. The molecule has 0 saturated heterocycles. The number of aliphatic imine (C=N–C) groups is 1. The summed E-state index contributed by atoms with van der Waals surface area (Å²) in [5.74, 6) is 0. The van der Waals surface area contributed by atoms with Crippen molar-refractivity contribution >= 4 is 11.9 Å². The Morgan fingerprint density at radius 1 is 0.536 bits per heavy atom. The molecule has 6 rings (SSSR count). The van der Waals surface area contributed by atoms with E-state index in [1.54, 1.807) is 0 Å². The molecule has 4 aromatic rings. The highest BCUT2D eigenvalue weighted by Crippen LogP contribution is 2.38. The Labute approximate surface area is 165 Å². The molecule has 0 amide bonds. The molecule has 132 valence electrons. The number of benzene rings is 4. The molecule has 2 aliphatic rings. The molecule has 2 aliphatic carbocycles. The summed E-state index contributed by atoms with van der Waals surface area (Å²) < 4.78 is 0. The Kier molecular flexibility index (Phi) is 3.36. The molecule has 0 radical (unpaired) electrons. The summed E-state index contributed by atoms with van der Waals surface area (Å²) in [7, 11) is 0. The van der Waals surface area contributed by atoms with Gasteiger partial charge in [0, 0.05) is 6.21 Å². The van der Waals surface area contributed by atoms with Gasteiger partial charge in [0.25, 0.3) is 0 Å². The SMILES string of the molecule is C(=N\c1ccc2c(c1)Cc1ccccc1-2)/c1ccc2c(c1)Cc1ccccc1-2. The van der Waals surface area contributed by atoms with Crippen LogP contribution >= 0.6 is 0 Å². The summed E-state index contributed by atoms with van der Waals surface area (Å²) in [6.07, 6.45) is 4.02. The van der Waals surface area contributed by atoms with Gasteiger partial charge in [-0.2, -0.15) is 0 Å². The zero-order chi connectivity index (χ0) is 18.5. The second kappa shape index (κ2) is 6.03. The summed E-state index contributed by atoms with van der Waals surface area (Å²) in [5.41, 5.74) is 13.3. The van der Waals surface area contributed by atoms with Gasteiger partial charge in [0.05, 0.1) is 5.69 Å². The number of hydrogen-bond donors (Lipinski definition) is 0. The van der Waals surface area contributed by atoms with Gasteiger partial charge in [0.2, 0.25) is 0 Å². The first-order valence-corrected chi connectivity index (χ1v) is 9.82. The largest absolute Gasteiger partial charge is 0.256 e. The van der Waals surface area contributed by atoms with Crippen LogP contribution in [0.1, 0.15) is 27.8 Å². The molecular formula is C27H19N. The quantitative estimate of drug-likeness (QED) is 0.310. The highest BCUT2D eigenvalue weighted by atomic mass is 14.7. The van der Waals surface area contributed by atoms with Crippen molar-refractivity contribution in [3.8, 4) is 22.3 Å². The molecule has 0 unspecified atom stereocenters. The molecule has 4 aromatic carbocycles. The van der Waals surface area contributed by atoms with Crippen LogP contribution in [0.25, 0.3) is 22.3 Å². The van der Waals surface area contributed by atoms with Crippen molar-refractivity contribution in [2.75, 3.05) is 0 Å². The molecule has 0 heterocycles. The van der Waals surface area contributed by atoms with Gasteiger partial charge >= 0.3 is 0 Å². The molecule has 0 aromatic heterocycles. The van der Waals surface area contributed by atoms with Gasteiger partial charge in [-0.05, 0) is 81.1 Å². The van der Waals surface area contributed by atoms with Crippen molar-refractivity contribution in [2.24, 2.45) is 4.99 Å². The van der Waals surface area contributed by atoms with E-state index in [2.05, 4.69) is 84.9 Å². The van der Waals surface area contributed by atoms with Gasteiger partial charge in [-0.1, -0.05) is 66.7 Å². The second-order valence-electron chi connectivity index (χ2n) is 7.68. The van der Waals surface area contributed by atoms with Crippen molar-refractivity contribution in [1.29, 1.82) is 0 Å². The maximum Gasteiger partial charge on any atom is 0.0633 e. The van der Waals surface area contributed by atoms with Crippen molar-refractivity contribution in [1.82, 2.24) is 0 Å². The minimum Gasteiger partial charge on any atom is -0.256 e. The molecular weight excluding hydrogens is 338 g/mol. The van der Waals surface area contributed by atoms with Crippen LogP contribution in [0.4, 0.5) is 5.69 Å². The van der Waals surface area contributed by atoms with Crippen LogP contribution in [0.3, 0.4) is 0 Å². The molecule has 28 heavy (non-hydrogen) atoms. The average Bonchev–Trinajstić information content (AvgIpc) is 3.29. The zero-order valence-corrected chi connectivity index (χ0v) is 15.5. The zero-order valence-electron chi connectivity index (χ0n) is 15.5. The fourth-order valence-electron chi connectivity index (χ4n) is 4.61. The van der Waals surface area contributed by atoms with E-state index in [4.69, 9.17) is 4.99 Å². The van der Waals surface area contributed by atoms with Crippen LogP contribution in [0.5, 0.6) is 0 Å². The molecule has 0 bridgehead atoms. The first-order valence-electron chi connectivity index (χ1n) is 9.82. The Bertz CT molecular complexity index is 1160. The minimum absolute atomic E-state index is 1.01. The highest BCUT2D eigenvalue weighted by Gasteiger charge is 2.18. The maximum absolute atomic E-state index is 4.77. The molecule has 1 heteroatoms. The minimum atomic E-state index is 1.01. The maximum atomic E-state index is 4.77. The molecule has 0 fully saturated rings. The Hall–Kier alpha value is -3.45. The van der Waals surface area contributed by atoms with Gasteiger partial charge in [0.15, 0.2) is 0 Å². The monoisotopic (exact) mass is 357 g/mol. The average molecular weight is 357 g/mol. The van der Waals surface area contributed by atoms with Gasteiger partial charge in [-0.15, -0.1) is 0 Å².